The molecule has 0 spiro atoms. The van der Waals surface area contributed by atoms with Crippen molar-refractivity contribution in [3.63, 3.8) is 0 Å². The van der Waals surface area contributed by atoms with E-state index in [1.165, 1.54) is 5.56 Å². The first-order valence-electron chi connectivity index (χ1n) is 10.1. The second-order valence-corrected chi connectivity index (χ2v) is 7.46. The lowest BCUT2D eigenvalue weighted by Crippen LogP contribution is -2.51. The summed E-state index contributed by atoms with van der Waals surface area (Å²) in [6.07, 6.45) is 7.57. The Labute approximate surface area is 166 Å². The number of carbonyl (C=O) groups is 2. The Morgan fingerprint density at radius 3 is 2.75 bits per heavy atom. The third kappa shape index (κ3) is 5.00. The molecule has 0 bridgehead atoms. The van der Waals surface area contributed by atoms with Crippen LogP contribution in [-0.4, -0.2) is 46.3 Å². The van der Waals surface area contributed by atoms with E-state index in [9.17, 15) is 9.59 Å². The molecule has 1 fully saturated rings. The molecular weight excluding hydrogens is 354 g/mol. The number of carbonyl (C=O) groups excluding carboxylic acids is 2. The molecule has 6 heteroatoms. The normalized spacial score (nSPS) is 19.4. The van der Waals surface area contributed by atoms with E-state index >= 15 is 0 Å². The highest BCUT2D eigenvalue weighted by Crippen LogP contribution is 2.37. The van der Waals surface area contributed by atoms with Crippen LogP contribution in [0.25, 0.3) is 0 Å². The molecule has 1 saturated heterocycles. The lowest BCUT2D eigenvalue weighted by Gasteiger charge is -2.41. The second-order valence-electron chi connectivity index (χ2n) is 7.46. The Kier molecular flexibility index (Phi) is 6.85. The van der Waals surface area contributed by atoms with Gasteiger partial charge in [-0.2, -0.15) is 5.10 Å². The monoisotopic (exact) mass is 383 g/mol. The fourth-order valence-corrected chi connectivity index (χ4v) is 4.01. The lowest BCUT2D eigenvalue weighted by atomic mass is 9.75. The van der Waals surface area contributed by atoms with Crippen LogP contribution in [0, 0.1) is 5.41 Å². The number of piperidine rings is 1. The number of aryl methyl sites for hydroxylation is 1. The minimum absolute atomic E-state index is 0.000123. The standard InChI is InChI=1S/C22H29N3O3/c1-2-28-21(27)22(12-6-11-19-9-4-3-5-10-19)13-7-15-24(18-22)20(26)17-25-16-8-14-23-25/h3-5,8-10,14,16H,2,6-7,11-13,15,17-18H2,1H3/t22-/m1/s1. The van der Waals surface area contributed by atoms with E-state index in [4.69, 9.17) is 4.74 Å². The summed E-state index contributed by atoms with van der Waals surface area (Å²) in [5.74, 6) is -0.167. The van der Waals surface area contributed by atoms with Crippen LogP contribution in [0.5, 0.6) is 0 Å². The average molecular weight is 383 g/mol. The van der Waals surface area contributed by atoms with E-state index in [2.05, 4.69) is 17.2 Å². The van der Waals surface area contributed by atoms with Crippen molar-refractivity contribution >= 4 is 11.9 Å². The summed E-state index contributed by atoms with van der Waals surface area (Å²) >= 11 is 0. The van der Waals surface area contributed by atoms with Crippen LogP contribution >= 0.6 is 0 Å². The number of hydrogen-bond acceptors (Lipinski definition) is 4. The molecule has 0 radical (unpaired) electrons. The maximum absolute atomic E-state index is 12.9. The number of nitrogens with zero attached hydrogens (tertiary/aromatic N) is 3. The van der Waals surface area contributed by atoms with E-state index in [-0.39, 0.29) is 18.4 Å². The minimum Gasteiger partial charge on any atom is -0.466 e. The highest BCUT2D eigenvalue weighted by atomic mass is 16.5. The van der Waals surface area contributed by atoms with Crippen molar-refractivity contribution in [1.82, 2.24) is 14.7 Å². The summed E-state index contributed by atoms with van der Waals surface area (Å²) < 4.78 is 7.05. The second kappa shape index (κ2) is 9.53. The molecule has 0 unspecified atom stereocenters. The zero-order valence-electron chi connectivity index (χ0n) is 16.5. The smallest absolute Gasteiger partial charge is 0.313 e. The summed E-state index contributed by atoms with van der Waals surface area (Å²) in [7, 11) is 0. The van der Waals surface area contributed by atoms with Gasteiger partial charge in [0.1, 0.15) is 6.54 Å². The molecule has 6 nitrogen and oxygen atoms in total. The quantitative estimate of drug-likeness (QED) is 0.657. The summed E-state index contributed by atoms with van der Waals surface area (Å²) in [6, 6.07) is 12.1. The third-order valence-corrected chi connectivity index (χ3v) is 5.46. The van der Waals surface area contributed by atoms with E-state index in [0.717, 1.165) is 32.1 Å². The Morgan fingerprint density at radius 1 is 1.21 bits per heavy atom. The highest BCUT2D eigenvalue weighted by Gasteiger charge is 2.44. The number of rotatable bonds is 8. The van der Waals surface area contributed by atoms with Gasteiger partial charge in [-0.25, -0.2) is 0 Å². The molecule has 2 heterocycles. The lowest BCUT2D eigenvalue weighted by molar-refractivity contribution is -0.161. The van der Waals surface area contributed by atoms with E-state index in [1.54, 1.807) is 23.1 Å². The van der Waals surface area contributed by atoms with Crippen molar-refractivity contribution in [3.05, 3.63) is 54.4 Å². The molecule has 1 aliphatic heterocycles. The molecule has 1 aliphatic rings. The topological polar surface area (TPSA) is 64.4 Å². The predicted octanol–water partition coefficient (Wildman–Crippen LogP) is 3.08. The van der Waals surface area contributed by atoms with Gasteiger partial charge >= 0.3 is 5.97 Å². The van der Waals surface area contributed by atoms with E-state index in [1.807, 2.05) is 30.0 Å². The van der Waals surface area contributed by atoms with Gasteiger partial charge in [0.2, 0.25) is 5.91 Å². The zero-order valence-corrected chi connectivity index (χ0v) is 16.5. The maximum atomic E-state index is 12.9. The van der Waals surface area contributed by atoms with Gasteiger partial charge in [0.05, 0.1) is 12.0 Å². The van der Waals surface area contributed by atoms with Crippen LogP contribution < -0.4 is 0 Å². The largest absolute Gasteiger partial charge is 0.466 e. The first-order chi connectivity index (χ1) is 13.6. The number of amides is 1. The Bertz CT molecular complexity index is 761. The van der Waals surface area contributed by atoms with Crippen molar-refractivity contribution in [2.24, 2.45) is 5.41 Å². The zero-order chi connectivity index (χ0) is 19.8. The fraction of sp³-hybridized carbons (Fsp3) is 0.500. The van der Waals surface area contributed by atoms with E-state index < -0.39 is 5.41 Å². The highest BCUT2D eigenvalue weighted by molar-refractivity contribution is 5.80. The molecular formula is C22H29N3O3. The first-order valence-corrected chi connectivity index (χ1v) is 10.1. The van der Waals surface area contributed by atoms with E-state index in [0.29, 0.717) is 19.7 Å². The minimum atomic E-state index is -0.608. The molecule has 1 aromatic carbocycles. The van der Waals surface area contributed by atoms with Gasteiger partial charge in [0.25, 0.3) is 0 Å². The third-order valence-electron chi connectivity index (χ3n) is 5.46. The predicted molar refractivity (Wildman–Crippen MR) is 106 cm³/mol. The number of hydrogen-bond donors (Lipinski definition) is 0. The molecule has 0 aliphatic carbocycles. The van der Waals surface area contributed by atoms with Crippen LogP contribution in [-0.2, 0) is 27.3 Å². The molecule has 2 aromatic rings. The van der Waals surface area contributed by atoms with Crippen molar-refractivity contribution in [2.45, 2.75) is 45.6 Å². The SMILES string of the molecule is CCOC(=O)[C@]1(CCCc2ccccc2)CCCN(C(=O)Cn2cccn2)C1. The molecule has 3 rings (SSSR count). The van der Waals surface area contributed by atoms with Crippen molar-refractivity contribution in [3.8, 4) is 0 Å². The molecule has 150 valence electrons. The van der Waals surface area contributed by atoms with Crippen molar-refractivity contribution in [1.29, 1.82) is 0 Å². The average Bonchev–Trinajstić information content (AvgIpc) is 3.22. The number of benzene rings is 1. The Hall–Kier alpha value is -2.63. The van der Waals surface area contributed by atoms with Gasteiger partial charge in [0, 0.05) is 25.5 Å². The van der Waals surface area contributed by atoms with Gasteiger partial charge in [0.15, 0.2) is 0 Å². The first kappa shape index (κ1) is 20.1. The number of ether oxygens (including phenoxy) is 1. The Morgan fingerprint density at radius 2 is 2.04 bits per heavy atom. The molecule has 1 atom stereocenters. The molecule has 1 aromatic heterocycles. The number of esters is 1. The van der Waals surface area contributed by atoms with Crippen LogP contribution in [0.2, 0.25) is 0 Å². The van der Waals surface area contributed by atoms with Gasteiger partial charge < -0.3 is 9.64 Å². The summed E-state index contributed by atoms with van der Waals surface area (Å²) in [5, 5.41) is 4.11. The van der Waals surface area contributed by atoms with Crippen LogP contribution in [0.3, 0.4) is 0 Å². The van der Waals surface area contributed by atoms with Crippen LogP contribution in [0.1, 0.15) is 38.2 Å². The van der Waals surface area contributed by atoms with Crippen LogP contribution in [0.4, 0.5) is 0 Å². The maximum Gasteiger partial charge on any atom is 0.313 e. The number of aromatic nitrogens is 2. The molecule has 1 amide bonds. The fourth-order valence-electron chi connectivity index (χ4n) is 4.01. The molecule has 0 saturated carbocycles. The van der Waals surface area contributed by atoms with Crippen molar-refractivity contribution in [2.75, 3.05) is 19.7 Å². The molecule has 0 N–H and O–H groups in total. The molecule has 28 heavy (non-hydrogen) atoms. The van der Waals surface area contributed by atoms with Gasteiger partial charge in [-0.15, -0.1) is 0 Å². The van der Waals surface area contributed by atoms with Gasteiger partial charge in [-0.05, 0) is 50.7 Å². The Balaban J connectivity index is 1.67. The summed E-state index contributed by atoms with van der Waals surface area (Å²) in [6.45, 7) is 3.51. The summed E-state index contributed by atoms with van der Waals surface area (Å²) in [4.78, 5) is 27.4. The van der Waals surface area contributed by atoms with Crippen molar-refractivity contribution < 1.29 is 14.3 Å². The van der Waals surface area contributed by atoms with Crippen LogP contribution in [0.15, 0.2) is 48.8 Å². The summed E-state index contributed by atoms with van der Waals surface area (Å²) in [5.41, 5.74) is 0.659. The van der Waals surface area contributed by atoms with Gasteiger partial charge in [-0.1, -0.05) is 30.3 Å². The number of likely N-dealkylation sites (tertiary alicyclic amines) is 1. The van der Waals surface area contributed by atoms with Gasteiger partial charge in [-0.3, -0.25) is 14.3 Å².